The summed E-state index contributed by atoms with van der Waals surface area (Å²) >= 11 is 0. The second-order valence-electron chi connectivity index (χ2n) is 4.16. The summed E-state index contributed by atoms with van der Waals surface area (Å²) in [7, 11) is 3.30. The number of pyridine rings is 1. The number of nitrogens with zero attached hydrogens (tertiary/aromatic N) is 1. The van der Waals surface area contributed by atoms with Gasteiger partial charge in [0.15, 0.2) is 0 Å². The van der Waals surface area contributed by atoms with E-state index < -0.39 is 0 Å². The van der Waals surface area contributed by atoms with Crippen LogP contribution in [0.15, 0.2) is 24.5 Å². The molecule has 1 atom stereocenters. The van der Waals surface area contributed by atoms with Gasteiger partial charge < -0.3 is 10.1 Å². The van der Waals surface area contributed by atoms with E-state index in [2.05, 4.69) is 10.3 Å². The van der Waals surface area contributed by atoms with Crippen molar-refractivity contribution < 1.29 is 9.53 Å². The molecular formula is C12H16N2O2. The fourth-order valence-corrected chi connectivity index (χ4v) is 2.26. The summed E-state index contributed by atoms with van der Waals surface area (Å²) in [6.45, 7) is 0. The van der Waals surface area contributed by atoms with Crippen molar-refractivity contribution >= 4 is 5.97 Å². The first-order valence-corrected chi connectivity index (χ1v) is 5.40. The van der Waals surface area contributed by atoms with E-state index in [9.17, 15) is 4.79 Å². The number of carbonyl (C=O) groups is 1. The van der Waals surface area contributed by atoms with Gasteiger partial charge in [-0.2, -0.15) is 0 Å². The Balaban J connectivity index is 2.27. The molecule has 0 aliphatic heterocycles. The number of hydrogen-bond acceptors (Lipinski definition) is 4. The van der Waals surface area contributed by atoms with E-state index in [0.717, 1.165) is 18.4 Å². The molecule has 0 bridgehead atoms. The summed E-state index contributed by atoms with van der Waals surface area (Å²) in [5.74, 6) is -0.129. The fraction of sp³-hybridized carbons (Fsp3) is 0.500. The Labute approximate surface area is 95.0 Å². The van der Waals surface area contributed by atoms with Crippen molar-refractivity contribution in [3.63, 3.8) is 0 Å². The van der Waals surface area contributed by atoms with Crippen LogP contribution >= 0.6 is 0 Å². The Morgan fingerprint density at radius 3 is 2.81 bits per heavy atom. The van der Waals surface area contributed by atoms with E-state index in [0.29, 0.717) is 0 Å². The lowest BCUT2D eigenvalue weighted by atomic mass is 9.91. The van der Waals surface area contributed by atoms with E-state index in [4.69, 9.17) is 4.74 Å². The maximum atomic E-state index is 11.8. The first kappa shape index (κ1) is 11.1. The molecule has 1 unspecified atom stereocenters. The van der Waals surface area contributed by atoms with Gasteiger partial charge in [0.2, 0.25) is 0 Å². The third kappa shape index (κ3) is 1.69. The van der Waals surface area contributed by atoms with E-state index in [-0.39, 0.29) is 17.4 Å². The Morgan fingerprint density at radius 2 is 2.38 bits per heavy atom. The highest BCUT2D eigenvalue weighted by Gasteiger charge is 2.56. The molecule has 0 spiro atoms. The number of aromatic nitrogens is 1. The molecule has 4 nitrogen and oxygen atoms in total. The summed E-state index contributed by atoms with van der Waals surface area (Å²) in [6, 6.07) is 3.86. The standard InChI is InChI=1S/C12H16N2O2/c1-13-10(9-4-3-7-14-8-9)12(5-6-12)11(15)16-2/h3-4,7-8,10,13H,5-6H2,1-2H3. The number of nitrogens with one attached hydrogen (secondary N) is 1. The Kier molecular flexibility index (Phi) is 2.92. The first-order valence-electron chi connectivity index (χ1n) is 5.40. The van der Waals surface area contributed by atoms with Gasteiger partial charge in [0.25, 0.3) is 0 Å². The van der Waals surface area contributed by atoms with Crippen LogP contribution in [0.4, 0.5) is 0 Å². The molecule has 1 fully saturated rings. The van der Waals surface area contributed by atoms with Crippen molar-refractivity contribution in [1.29, 1.82) is 0 Å². The summed E-state index contributed by atoms with van der Waals surface area (Å²) < 4.78 is 4.88. The summed E-state index contributed by atoms with van der Waals surface area (Å²) in [5, 5.41) is 3.20. The molecule has 1 aliphatic rings. The zero-order valence-corrected chi connectivity index (χ0v) is 9.56. The molecule has 0 saturated heterocycles. The molecule has 1 aromatic rings. The maximum absolute atomic E-state index is 11.8. The minimum Gasteiger partial charge on any atom is -0.469 e. The van der Waals surface area contributed by atoms with Crippen LogP contribution in [0.2, 0.25) is 0 Å². The van der Waals surface area contributed by atoms with Crippen LogP contribution in [-0.2, 0) is 9.53 Å². The van der Waals surface area contributed by atoms with Gasteiger partial charge in [-0.05, 0) is 31.5 Å². The molecule has 1 N–H and O–H groups in total. The molecule has 86 valence electrons. The Hall–Kier alpha value is -1.42. The van der Waals surface area contributed by atoms with Crippen LogP contribution in [0.25, 0.3) is 0 Å². The van der Waals surface area contributed by atoms with Crippen LogP contribution < -0.4 is 5.32 Å². The van der Waals surface area contributed by atoms with Crippen LogP contribution in [0.1, 0.15) is 24.4 Å². The molecule has 0 radical (unpaired) electrons. The number of ether oxygens (including phenoxy) is 1. The van der Waals surface area contributed by atoms with Crippen LogP contribution in [0, 0.1) is 5.41 Å². The highest BCUT2D eigenvalue weighted by molar-refractivity contribution is 5.81. The van der Waals surface area contributed by atoms with Gasteiger partial charge in [-0.15, -0.1) is 0 Å². The molecule has 0 amide bonds. The number of methoxy groups -OCH3 is 1. The van der Waals surface area contributed by atoms with Crippen LogP contribution in [0.5, 0.6) is 0 Å². The van der Waals surface area contributed by atoms with Gasteiger partial charge in [-0.3, -0.25) is 9.78 Å². The maximum Gasteiger partial charge on any atom is 0.313 e. The fourth-order valence-electron chi connectivity index (χ4n) is 2.26. The number of esters is 1. The molecule has 4 heteroatoms. The van der Waals surface area contributed by atoms with Crippen molar-refractivity contribution in [2.24, 2.45) is 5.41 Å². The van der Waals surface area contributed by atoms with Gasteiger partial charge in [-0.1, -0.05) is 6.07 Å². The molecule has 1 aliphatic carbocycles. The van der Waals surface area contributed by atoms with E-state index in [1.165, 1.54) is 7.11 Å². The predicted octanol–water partition coefficient (Wildman–Crippen LogP) is 1.30. The quantitative estimate of drug-likeness (QED) is 0.777. The van der Waals surface area contributed by atoms with E-state index in [1.54, 1.807) is 12.4 Å². The highest BCUT2D eigenvalue weighted by Crippen LogP contribution is 2.55. The topological polar surface area (TPSA) is 51.2 Å². The first-order chi connectivity index (χ1) is 7.74. The molecular weight excluding hydrogens is 204 g/mol. The van der Waals surface area contributed by atoms with Crippen molar-refractivity contribution in [3.05, 3.63) is 30.1 Å². The van der Waals surface area contributed by atoms with Crippen molar-refractivity contribution in [2.45, 2.75) is 18.9 Å². The second kappa shape index (κ2) is 4.22. The van der Waals surface area contributed by atoms with Crippen molar-refractivity contribution in [3.8, 4) is 0 Å². The van der Waals surface area contributed by atoms with Crippen LogP contribution in [-0.4, -0.2) is 25.1 Å². The van der Waals surface area contributed by atoms with Gasteiger partial charge in [-0.25, -0.2) is 0 Å². The average molecular weight is 220 g/mol. The smallest absolute Gasteiger partial charge is 0.313 e. The second-order valence-corrected chi connectivity index (χ2v) is 4.16. The zero-order valence-electron chi connectivity index (χ0n) is 9.56. The molecule has 2 rings (SSSR count). The normalized spacial score (nSPS) is 18.9. The third-order valence-electron chi connectivity index (χ3n) is 3.24. The summed E-state index contributed by atoms with van der Waals surface area (Å²) in [6.07, 6.45) is 5.28. The lowest BCUT2D eigenvalue weighted by Crippen LogP contribution is -2.33. The minimum atomic E-state index is -0.382. The van der Waals surface area contributed by atoms with Gasteiger partial charge in [0.1, 0.15) is 0 Å². The Bertz CT molecular complexity index is 374. The van der Waals surface area contributed by atoms with Gasteiger partial charge in [0, 0.05) is 18.4 Å². The van der Waals surface area contributed by atoms with Crippen LogP contribution in [0.3, 0.4) is 0 Å². The van der Waals surface area contributed by atoms with E-state index >= 15 is 0 Å². The predicted molar refractivity (Wildman–Crippen MR) is 59.7 cm³/mol. The third-order valence-corrected chi connectivity index (χ3v) is 3.24. The Morgan fingerprint density at radius 1 is 1.62 bits per heavy atom. The monoisotopic (exact) mass is 220 g/mol. The number of rotatable bonds is 4. The lowest BCUT2D eigenvalue weighted by molar-refractivity contribution is -0.148. The molecule has 1 saturated carbocycles. The average Bonchev–Trinajstić information content (AvgIpc) is 3.12. The summed E-state index contributed by atoms with van der Waals surface area (Å²) in [5.41, 5.74) is 0.653. The van der Waals surface area contributed by atoms with Gasteiger partial charge in [0.05, 0.1) is 12.5 Å². The molecule has 1 heterocycles. The van der Waals surface area contributed by atoms with Gasteiger partial charge >= 0.3 is 5.97 Å². The zero-order chi connectivity index (χ0) is 11.6. The molecule has 16 heavy (non-hydrogen) atoms. The highest BCUT2D eigenvalue weighted by atomic mass is 16.5. The SMILES string of the molecule is CNC(c1cccnc1)C1(C(=O)OC)CC1. The minimum absolute atomic E-state index is 0.00588. The molecule has 1 aromatic heterocycles. The lowest BCUT2D eigenvalue weighted by Gasteiger charge is -2.24. The largest absolute Gasteiger partial charge is 0.469 e. The van der Waals surface area contributed by atoms with Crippen molar-refractivity contribution in [1.82, 2.24) is 10.3 Å². The summed E-state index contributed by atoms with van der Waals surface area (Å²) in [4.78, 5) is 15.9. The van der Waals surface area contributed by atoms with Crippen molar-refractivity contribution in [2.75, 3.05) is 14.2 Å². The molecule has 0 aromatic carbocycles. The number of hydrogen-bond donors (Lipinski definition) is 1. The number of carbonyl (C=O) groups excluding carboxylic acids is 1. The van der Waals surface area contributed by atoms with E-state index in [1.807, 2.05) is 19.2 Å².